The molecule has 0 heterocycles. The molecule has 0 radical (unpaired) electrons. The van der Waals surface area contributed by atoms with E-state index in [1.165, 1.54) is 33.4 Å². The van der Waals surface area contributed by atoms with Crippen molar-refractivity contribution in [3.8, 4) is 11.1 Å². The molecule has 0 amide bonds. The van der Waals surface area contributed by atoms with Crippen LogP contribution in [0.2, 0.25) is 0 Å². The van der Waals surface area contributed by atoms with E-state index in [1.54, 1.807) is 0 Å². The number of allylic oxidation sites excluding steroid dienone is 2. The van der Waals surface area contributed by atoms with Crippen LogP contribution in [0.5, 0.6) is 0 Å². The maximum Gasteiger partial charge on any atom is 0.111 e. The second-order valence-corrected chi connectivity index (χ2v) is 5.68. The van der Waals surface area contributed by atoms with E-state index in [0.717, 1.165) is 10.9 Å². The lowest BCUT2D eigenvalue weighted by Crippen LogP contribution is -1.89. The number of hydrogen-bond acceptors (Lipinski definition) is 0. The molecule has 0 aromatic heterocycles. The van der Waals surface area contributed by atoms with E-state index in [2.05, 4.69) is 64.5 Å². The minimum absolute atomic E-state index is 1.04. The zero-order valence-corrected chi connectivity index (χ0v) is 11.3. The van der Waals surface area contributed by atoms with Crippen LogP contribution in [0.3, 0.4) is 0 Å². The van der Waals surface area contributed by atoms with Crippen molar-refractivity contribution < 1.29 is 0 Å². The number of halogens is 1. The molecule has 84 valence electrons. The van der Waals surface area contributed by atoms with Crippen LogP contribution in [0, 0.1) is 6.08 Å². The summed E-state index contributed by atoms with van der Waals surface area (Å²) in [6.07, 6.45) is 10.4. The van der Waals surface area contributed by atoms with Gasteiger partial charge in [-0.15, -0.1) is 0 Å². The summed E-state index contributed by atoms with van der Waals surface area (Å²) >= 11 is 3.55. The smallest absolute Gasteiger partial charge is 0.0530 e. The van der Waals surface area contributed by atoms with Gasteiger partial charge in [0.15, 0.2) is 0 Å². The van der Waals surface area contributed by atoms with Crippen molar-refractivity contribution in [2.75, 3.05) is 0 Å². The number of fused-ring (bicyclic) bond motifs is 4. The molecule has 0 N–H and O–H groups in total. The lowest BCUT2D eigenvalue weighted by molar-refractivity contribution is 1.25. The topological polar surface area (TPSA) is 0 Å². The Kier molecular flexibility index (Phi) is 2.08. The Hall–Kier alpha value is -1.69. The molecule has 0 atom stereocenters. The van der Waals surface area contributed by atoms with Crippen LogP contribution < -0.4 is 0 Å². The fourth-order valence-electron chi connectivity index (χ4n) is 2.80. The summed E-state index contributed by atoms with van der Waals surface area (Å²) < 4.78 is 1.16. The number of hydrogen-bond donors (Lipinski definition) is 0. The highest BCUT2D eigenvalue weighted by molar-refractivity contribution is 9.10. The van der Waals surface area contributed by atoms with E-state index in [9.17, 15) is 0 Å². The van der Waals surface area contributed by atoms with Gasteiger partial charge in [0.1, 0.15) is 12.2 Å². The average Bonchev–Trinajstić information content (AvgIpc) is 2.72. The minimum atomic E-state index is 1.04. The molecule has 2 aromatic rings. The van der Waals surface area contributed by atoms with Crippen LogP contribution in [0.1, 0.15) is 22.3 Å². The Morgan fingerprint density at radius 1 is 0.944 bits per heavy atom. The molecule has 0 saturated heterocycles. The molecule has 0 bridgehead atoms. The van der Waals surface area contributed by atoms with Crippen molar-refractivity contribution in [1.82, 2.24) is 0 Å². The fraction of sp³-hybridized carbons (Fsp3) is 0.0588. The third-order valence-electron chi connectivity index (χ3n) is 3.65. The van der Waals surface area contributed by atoms with Crippen LogP contribution in [0.15, 0.2) is 40.9 Å². The van der Waals surface area contributed by atoms with Crippen LogP contribution in [0.25, 0.3) is 23.3 Å². The summed E-state index contributed by atoms with van der Waals surface area (Å²) in [6, 6.07) is 11.2. The van der Waals surface area contributed by atoms with Gasteiger partial charge in [-0.2, -0.15) is 0 Å². The highest BCUT2D eigenvalue weighted by Crippen LogP contribution is 2.40. The van der Waals surface area contributed by atoms with Gasteiger partial charge in [0, 0.05) is 16.6 Å². The lowest BCUT2D eigenvalue weighted by Gasteiger charge is -2.03. The van der Waals surface area contributed by atoms with E-state index in [-0.39, 0.29) is 0 Å². The van der Waals surface area contributed by atoms with Crippen LogP contribution in [-0.2, 0) is 6.42 Å². The maximum atomic E-state index is 3.55. The van der Waals surface area contributed by atoms with Gasteiger partial charge in [-0.25, -0.2) is 0 Å². The highest BCUT2D eigenvalue weighted by atomic mass is 79.9. The molecule has 0 nitrogen and oxygen atoms in total. The largest absolute Gasteiger partial charge is 0.111 e. The molecule has 0 spiro atoms. The van der Waals surface area contributed by atoms with Crippen molar-refractivity contribution in [2.24, 2.45) is 0 Å². The second kappa shape index (κ2) is 3.65. The zero-order valence-electron chi connectivity index (χ0n) is 9.70. The first-order chi connectivity index (χ1) is 8.81. The van der Waals surface area contributed by atoms with Gasteiger partial charge < -0.3 is 0 Å². The molecular formula is C17H10Br+. The van der Waals surface area contributed by atoms with Crippen molar-refractivity contribution in [1.29, 1.82) is 0 Å². The molecule has 0 aliphatic heterocycles. The zero-order chi connectivity index (χ0) is 12.1. The lowest BCUT2D eigenvalue weighted by atomic mass is 9.95. The standard InChI is InChI=1S/C17H10Br/c18-15-5-6-16-14(9-15)8-13-7-11-3-1-2-4-12(11)10-17(13)16/h2-7,9-10H,8H2/q+1. The van der Waals surface area contributed by atoms with E-state index in [0.29, 0.717) is 0 Å². The van der Waals surface area contributed by atoms with E-state index in [1.807, 2.05) is 6.08 Å². The Morgan fingerprint density at radius 3 is 2.78 bits per heavy atom. The molecule has 2 aliphatic carbocycles. The molecule has 1 heteroatoms. The summed E-state index contributed by atoms with van der Waals surface area (Å²) in [4.78, 5) is 0. The van der Waals surface area contributed by atoms with Crippen molar-refractivity contribution >= 4 is 28.1 Å². The number of rotatable bonds is 0. The molecule has 18 heavy (non-hydrogen) atoms. The van der Waals surface area contributed by atoms with Crippen molar-refractivity contribution in [2.45, 2.75) is 6.42 Å². The van der Waals surface area contributed by atoms with E-state index >= 15 is 0 Å². The summed E-state index contributed by atoms with van der Waals surface area (Å²) in [5.74, 6) is 0. The van der Waals surface area contributed by atoms with Gasteiger partial charge in [-0.05, 0) is 46.9 Å². The van der Waals surface area contributed by atoms with Gasteiger partial charge in [-0.3, -0.25) is 0 Å². The quantitative estimate of drug-likeness (QED) is 0.519. The Balaban J connectivity index is 1.97. The van der Waals surface area contributed by atoms with E-state index in [4.69, 9.17) is 0 Å². The first kappa shape index (κ1) is 10.3. The molecule has 2 aromatic carbocycles. The van der Waals surface area contributed by atoms with Gasteiger partial charge in [0.25, 0.3) is 0 Å². The highest BCUT2D eigenvalue weighted by Gasteiger charge is 2.22. The van der Waals surface area contributed by atoms with Gasteiger partial charge in [-0.1, -0.05) is 22.0 Å². The Bertz CT molecular complexity index is 721. The monoisotopic (exact) mass is 293 g/mol. The SMILES string of the molecule is Brc1ccc2c(c1)Cc1cc3c(cc1-2)C=C[C+]=C3. The first-order valence-corrected chi connectivity index (χ1v) is 6.82. The van der Waals surface area contributed by atoms with Crippen molar-refractivity contribution in [3.63, 3.8) is 0 Å². The van der Waals surface area contributed by atoms with Gasteiger partial charge in [0.2, 0.25) is 0 Å². The molecule has 0 fully saturated rings. The molecule has 4 rings (SSSR count). The maximum absolute atomic E-state index is 3.55. The van der Waals surface area contributed by atoms with Crippen LogP contribution in [-0.4, -0.2) is 0 Å². The summed E-state index contributed by atoms with van der Waals surface area (Å²) in [5, 5.41) is 0. The molecule has 0 saturated carbocycles. The average molecular weight is 294 g/mol. The molecular weight excluding hydrogens is 284 g/mol. The summed E-state index contributed by atoms with van der Waals surface area (Å²) in [6.45, 7) is 0. The van der Waals surface area contributed by atoms with Crippen molar-refractivity contribution in [3.05, 3.63) is 69.2 Å². The second-order valence-electron chi connectivity index (χ2n) is 4.76. The Labute approximate surface area is 115 Å². The number of benzene rings is 2. The normalized spacial score (nSPS) is 13.8. The summed E-state index contributed by atoms with van der Waals surface area (Å²) in [7, 11) is 0. The molecule has 2 aliphatic rings. The summed E-state index contributed by atoms with van der Waals surface area (Å²) in [5.41, 5.74) is 8.18. The van der Waals surface area contributed by atoms with Crippen LogP contribution >= 0.6 is 15.9 Å². The predicted octanol–water partition coefficient (Wildman–Crippen LogP) is 4.86. The first-order valence-electron chi connectivity index (χ1n) is 6.03. The van der Waals surface area contributed by atoms with E-state index < -0.39 is 0 Å². The van der Waals surface area contributed by atoms with Crippen LogP contribution in [0.4, 0.5) is 0 Å². The predicted molar refractivity (Wildman–Crippen MR) is 79.1 cm³/mol. The Morgan fingerprint density at radius 2 is 1.83 bits per heavy atom. The minimum Gasteiger partial charge on any atom is -0.0530 e. The van der Waals surface area contributed by atoms with Gasteiger partial charge in [0.05, 0.1) is 17.2 Å². The third-order valence-corrected chi connectivity index (χ3v) is 4.14. The fourth-order valence-corrected chi connectivity index (χ4v) is 3.21. The molecule has 0 unspecified atom stereocenters. The third kappa shape index (κ3) is 1.42. The van der Waals surface area contributed by atoms with Gasteiger partial charge >= 0.3 is 0 Å².